The SMILES string of the molecule is Fc1cnccc1SCC1=NO[C@@H]2CCC[C@H]12. The van der Waals surface area contributed by atoms with Crippen LogP contribution in [0.2, 0.25) is 0 Å². The van der Waals surface area contributed by atoms with Crippen molar-refractivity contribution in [2.75, 3.05) is 5.75 Å². The number of hydrogen-bond donors (Lipinski definition) is 0. The van der Waals surface area contributed by atoms with Crippen molar-refractivity contribution >= 4 is 17.5 Å². The van der Waals surface area contributed by atoms with Gasteiger partial charge in [0.05, 0.1) is 11.9 Å². The summed E-state index contributed by atoms with van der Waals surface area (Å²) in [7, 11) is 0. The van der Waals surface area contributed by atoms with Crippen LogP contribution >= 0.6 is 11.8 Å². The maximum Gasteiger partial charge on any atom is 0.155 e. The molecule has 0 N–H and O–H groups in total. The molecule has 1 aliphatic carbocycles. The fourth-order valence-electron chi connectivity index (χ4n) is 2.40. The summed E-state index contributed by atoms with van der Waals surface area (Å²) < 4.78 is 13.4. The van der Waals surface area contributed by atoms with Crippen LogP contribution in [0.1, 0.15) is 19.3 Å². The molecular formula is C12H13FN2OS. The van der Waals surface area contributed by atoms with Crippen LogP contribution in [-0.4, -0.2) is 22.6 Å². The van der Waals surface area contributed by atoms with Gasteiger partial charge in [-0.2, -0.15) is 0 Å². The Labute approximate surface area is 103 Å². The summed E-state index contributed by atoms with van der Waals surface area (Å²) in [5.41, 5.74) is 1.08. The molecule has 90 valence electrons. The van der Waals surface area contributed by atoms with Crippen molar-refractivity contribution in [3.63, 3.8) is 0 Å². The van der Waals surface area contributed by atoms with E-state index in [1.54, 1.807) is 12.3 Å². The largest absolute Gasteiger partial charge is 0.392 e. The highest BCUT2D eigenvalue weighted by Crippen LogP contribution is 2.35. The summed E-state index contributed by atoms with van der Waals surface area (Å²) >= 11 is 1.47. The Morgan fingerprint density at radius 2 is 2.41 bits per heavy atom. The van der Waals surface area contributed by atoms with Gasteiger partial charge in [-0.3, -0.25) is 4.98 Å². The molecular weight excluding hydrogens is 239 g/mol. The van der Waals surface area contributed by atoms with Gasteiger partial charge in [-0.25, -0.2) is 4.39 Å². The highest BCUT2D eigenvalue weighted by atomic mass is 32.2. The summed E-state index contributed by atoms with van der Waals surface area (Å²) in [4.78, 5) is 9.74. The highest BCUT2D eigenvalue weighted by molar-refractivity contribution is 8.00. The molecule has 0 saturated heterocycles. The molecule has 2 heterocycles. The van der Waals surface area contributed by atoms with Gasteiger partial charge in [0.25, 0.3) is 0 Å². The summed E-state index contributed by atoms with van der Waals surface area (Å²) in [6, 6.07) is 1.70. The number of halogens is 1. The van der Waals surface area contributed by atoms with Crippen LogP contribution in [0.4, 0.5) is 4.39 Å². The summed E-state index contributed by atoms with van der Waals surface area (Å²) in [5, 5.41) is 4.12. The lowest BCUT2D eigenvalue weighted by atomic mass is 10.0. The van der Waals surface area contributed by atoms with Crippen LogP contribution in [0, 0.1) is 11.7 Å². The van der Waals surface area contributed by atoms with E-state index in [1.165, 1.54) is 24.4 Å². The van der Waals surface area contributed by atoms with Crippen molar-refractivity contribution in [3.05, 3.63) is 24.3 Å². The molecule has 3 nitrogen and oxygen atoms in total. The van der Waals surface area contributed by atoms with Crippen molar-refractivity contribution in [2.45, 2.75) is 30.3 Å². The molecule has 1 aromatic heterocycles. The van der Waals surface area contributed by atoms with E-state index in [0.29, 0.717) is 16.6 Å². The zero-order valence-corrected chi connectivity index (χ0v) is 10.1. The number of pyridine rings is 1. The third kappa shape index (κ3) is 2.16. The normalized spacial score (nSPS) is 26.5. The van der Waals surface area contributed by atoms with Gasteiger partial charge in [0.2, 0.25) is 0 Å². The monoisotopic (exact) mass is 252 g/mol. The fourth-order valence-corrected chi connectivity index (χ4v) is 3.32. The third-order valence-electron chi connectivity index (χ3n) is 3.30. The Hall–Kier alpha value is -1.10. The minimum absolute atomic E-state index is 0.264. The lowest BCUT2D eigenvalue weighted by Gasteiger charge is -2.08. The molecule has 2 aliphatic rings. The van der Waals surface area contributed by atoms with Gasteiger partial charge in [0.15, 0.2) is 5.82 Å². The minimum Gasteiger partial charge on any atom is -0.392 e. The second kappa shape index (κ2) is 4.64. The number of oxime groups is 1. The fraction of sp³-hybridized carbons (Fsp3) is 0.500. The Kier molecular flexibility index (Phi) is 3.01. The standard InChI is InChI=1S/C12H13FN2OS/c13-9-6-14-5-4-12(9)17-7-10-8-2-1-3-11(8)16-15-10/h4-6,8,11H,1-3,7H2/t8-,11-/m1/s1. The average molecular weight is 252 g/mol. The van der Waals surface area contributed by atoms with Crippen LogP contribution in [0.3, 0.4) is 0 Å². The molecule has 1 aromatic rings. The van der Waals surface area contributed by atoms with Crippen LogP contribution in [0.15, 0.2) is 28.5 Å². The molecule has 1 saturated carbocycles. The topological polar surface area (TPSA) is 34.5 Å². The molecule has 0 radical (unpaired) electrons. The summed E-state index contributed by atoms with van der Waals surface area (Å²) in [6.07, 6.45) is 6.61. The third-order valence-corrected chi connectivity index (χ3v) is 4.38. The van der Waals surface area contributed by atoms with E-state index in [-0.39, 0.29) is 11.9 Å². The first kappa shape index (κ1) is 11.0. The lowest BCUT2D eigenvalue weighted by molar-refractivity contribution is 0.0746. The van der Waals surface area contributed by atoms with Gasteiger partial charge in [-0.05, 0) is 25.3 Å². The van der Waals surface area contributed by atoms with Crippen molar-refractivity contribution < 1.29 is 9.23 Å². The molecule has 0 aromatic carbocycles. The molecule has 1 fully saturated rings. The minimum atomic E-state index is -0.264. The highest BCUT2D eigenvalue weighted by Gasteiger charge is 2.37. The quantitative estimate of drug-likeness (QED) is 0.776. The van der Waals surface area contributed by atoms with Crippen molar-refractivity contribution in [3.8, 4) is 0 Å². The average Bonchev–Trinajstić information content (AvgIpc) is 2.91. The summed E-state index contributed by atoms with van der Waals surface area (Å²) in [5.74, 6) is 0.912. The van der Waals surface area contributed by atoms with Gasteiger partial charge in [0.1, 0.15) is 6.10 Å². The molecule has 5 heteroatoms. The van der Waals surface area contributed by atoms with Gasteiger partial charge in [-0.15, -0.1) is 11.8 Å². The Balaban J connectivity index is 1.63. The van der Waals surface area contributed by atoms with Gasteiger partial charge in [-0.1, -0.05) is 5.16 Å². The Morgan fingerprint density at radius 3 is 3.29 bits per heavy atom. The van der Waals surface area contributed by atoms with Gasteiger partial charge < -0.3 is 4.84 Å². The van der Waals surface area contributed by atoms with E-state index in [4.69, 9.17) is 4.84 Å². The van der Waals surface area contributed by atoms with E-state index in [1.807, 2.05) is 0 Å². The zero-order chi connectivity index (χ0) is 11.7. The number of rotatable bonds is 3. The predicted octanol–water partition coefficient (Wildman–Crippen LogP) is 2.87. The first-order chi connectivity index (χ1) is 8.34. The number of thioether (sulfide) groups is 1. The van der Waals surface area contributed by atoms with Crippen molar-refractivity contribution in [1.82, 2.24) is 4.98 Å². The molecule has 0 spiro atoms. The first-order valence-corrected chi connectivity index (χ1v) is 6.78. The van der Waals surface area contributed by atoms with Crippen LogP contribution in [-0.2, 0) is 4.84 Å². The smallest absolute Gasteiger partial charge is 0.155 e. The first-order valence-electron chi connectivity index (χ1n) is 5.79. The Bertz CT molecular complexity index is 452. The second-order valence-electron chi connectivity index (χ2n) is 4.36. The van der Waals surface area contributed by atoms with Crippen LogP contribution in [0.25, 0.3) is 0 Å². The molecule has 17 heavy (non-hydrogen) atoms. The maximum atomic E-state index is 13.4. The molecule has 2 atom stereocenters. The predicted molar refractivity (Wildman–Crippen MR) is 64.6 cm³/mol. The number of nitrogens with zero attached hydrogens (tertiary/aromatic N) is 2. The van der Waals surface area contributed by atoms with E-state index in [0.717, 1.165) is 18.6 Å². The maximum absolute atomic E-state index is 13.4. The van der Waals surface area contributed by atoms with Crippen molar-refractivity contribution in [1.29, 1.82) is 0 Å². The van der Waals surface area contributed by atoms with E-state index < -0.39 is 0 Å². The number of hydrogen-bond acceptors (Lipinski definition) is 4. The second-order valence-corrected chi connectivity index (χ2v) is 5.38. The van der Waals surface area contributed by atoms with Crippen molar-refractivity contribution in [2.24, 2.45) is 11.1 Å². The van der Waals surface area contributed by atoms with Gasteiger partial charge >= 0.3 is 0 Å². The van der Waals surface area contributed by atoms with E-state index >= 15 is 0 Å². The zero-order valence-electron chi connectivity index (χ0n) is 9.30. The molecule has 0 unspecified atom stereocenters. The number of aromatic nitrogens is 1. The molecule has 3 rings (SSSR count). The van der Waals surface area contributed by atoms with Crippen LogP contribution < -0.4 is 0 Å². The number of fused-ring (bicyclic) bond motifs is 1. The molecule has 1 aliphatic heterocycles. The molecule has 0 amide bonds. The summed E-state index contributed by atoms with van der Waals surface area (Å²) in [6.45, 7) is 0. The van der Waals surface area contributed by atoms with Gasteiger partial charge in [0, 0.05) is 22.8 Å². The van der Waals surface area contributed by atoms with E-state index in [9.17, 15) is 4.39 Å². The van der Waals surface area contributed by atoms with E-state index in [2.05, 4.69) is 10.1 Å². The Morgan fingerprint density at radius 1 is 1.47 bits per heavy atom. The van der Waals surface area contributed by atoms with Crippen LogP contribution in [0.5, 0.6) is 0 Å². The molecule has 0 bridgehead atoms. The lowest BCUT2D eigenvalue weighted by Crippen LogP contribution is -2.18.